The molecule has 0 aliphatic carbocycles. The maximum Gasteiger partial charge on any atom is 0.223 e. The largest absolute Gasteiger partial charge is 0.336 e. The van der Waals surface area contributed by atoms with Crippen molar-refractivity contribution in [2.24, 2.45) is 0 Å². The van der Waals surface area contributed by atoms with Gasteiger partial charge in [-0.25, -0.2) is 8.78 Å². The van der Waals surface area contributed by atoms with Crippen molar-refractivity contribution in [2.45, 2.75) is 77.2 Å². The molecule has 0 radical (unpaired) electrons. The van der Waals surface area contributed by atoms with Crippen LogP contribution in [0.1, 0.15) is 70.3 Å². The van der Waals surface area contributed by atoms with Gasteiger partial charge in [-0.15, -0.1) is 0 Å². The summed E-state index contributed by atoms with van der Waals surface area (Å²) in [6.07, 6.45) is 14.5. The molecule has 1 aromatic carbocycles. The molecular formula is C22H31F2NO. The van der Waals surface area contributed by atoms with E-state index in [1.165, 1.54) is 44.2 Å². The third kappa shape index (κ3) is 6.54. The highest BCUT2D eigenvalue weighted by Crippen LogP contribution is 2.21. The summed E-state index contributed by atoms with van der Waals surface area (Å²) in [7, 11) is 0. The Morgan fingerprint density at radius 1 is 1.12 bits per heavy atom. The van der Waals surface area contributed by atoms with Crippen LogP contribution in [0.5, 0.6) is 0 Å². The summed E-state index contributed by atoms with van der Waals surface area (Å²) in [5.74, 6) is -1.34. The van der Waals surface area contributed by atoms with Crippen LogP contribution in [0.3, 0.4) is 0 Å². The minimum Gasteiger partial charge on any atom is -0.336 e. The van der Waals surface area contributed by atoms with E-state index < -0.39 is 11.6 Å². The van der Waals surface area contributed by atoms with Crippen molar-refractivity contribution in [3.63, 3.8) is 0 Å². The predicted octanol–water partition coefficient (Wildman–Crippen LogP) is 5.81. The molecule has 1 saturated heterocycles. The number of amides is 1. The third-order valence-corrected chi connectivity index (χ3v) is 5.07. The van der Waals surface area contributed by atoms with Gasteiger partial charge in [-0.2, -0.15) is 0 Å². The Kier molecular flexibility index (Phi) is 8.79. The van der Waals surface area contributed by atoms with Gasteiger partial charge in [0.25, 0.3) is 0 Å². The van der Waals surface area contributed by atoms with Crippen molar-refractivity contribution >= 4 is 5.91 Å². The van der Waals surface area contributed by atoms with Crippen LogP contribution in [-0.2, 0) is 11.2 Å². The van der Waals surface area contributed by atoms with Gasteiger partial charge in [-0.05, 0) is 43.4 Å². The van der Waals surface area contributed by atoms with E-state index in [0.29, 0.717) is 12.8 Å². The van der Waals surface area contributed by atoms with Crippen LogP contribution in [0.25, 0.3) is 0 Å². The van der Waals surface area contributed by atoms with Gasteiger partial charge < -0.3 is 4.90 Å². The second kappa shape index (κ2) is 11.1. The average molecular weight is 363 g/mol. The number of rotatable bonds is 11. The fourth-order valence-electron chi connectivity index (χ4n) is 3.51. The fraction of sp³-hybridized carbons (Fsp3) is 0.591. The first kappa shape index (κ1) is 20.6. The van der Waals surface area contributed by atoms with E-state index in [1.807, 2.05) is 4.90 Å². The van der Waals surface area contributed by atoms with Gasteiger partial charge in [0.15, 0.2) is 11.6 Å². The lowest BCUT2D eigenvalue weighted by atomic mass is 10.1. The van der Waals surface area contributed by atoms with Gasteiger partial charge >= 0.3 is 0 Å². The third-order valence-electron chi connectivity index (χ3n) is 5.07. The number of nitrogens with zero attached hydrogens (tertiary/aromatic N) is 1. The molecule has 1 heterocycles. The van der Waals surface area contributed by atoms with Crippen molar-refractivity contribution in [3.8, 4) is 0 Å². The van der Waals surface area contributed by atoms with Crippen molar-refractivity contribution < 1.29 is 13.6 Å². The predicted molar refractivity (Wildman–Crippen MR) is 102 cm³/mol. The number of hydrogen-bond donors (Lipinski definition) is 0. The van der Waals surface area contributed by atoms with E-state index in [0.717, 1.165) is 31.4 Å². The smallest absolute Gasteiger partial charge is 0.223 e. The van der Waals surface area contributed by atoms with E-state index in [-0.39, 0.29) is 11.9 Å². The quantitative estimate of drug-likeness (QED) is 0.359. The van der Waals surface area contributed by atoms with Crippen LogP contribution in [0.15, 0.2) is 30.4 Å². The lowest BCUT2D eigenvalue weighted by Gasteiger charge is -2.22. The molecule has 1 atom stereocenters. The van der Waals surface area contributed by atoms with Gasteiger partial charge in [-0.1, -0.05) is 57.2 Å². The SMILES string of the molecule is CCCCCCCCN1C(=O)CCC1/C=C/CCc1ccc(F)c(F)c1. The zero-order valence-electron chi connectivity index (χ0n) is 15.9. The molecular weight excluding hydrogens is 332 g/mol. The summed E-state index contributed by atoms with van der Waals surface area (Å²) in [5, 5.41) is 0. The first-order chi connectivity index (χ1) is 12.6. The fourth-order valence-corrected chi connectivity index (χ4v) is 3.51. The lowest BCUT2D eigenvalue weighted by Crippen LogP contribution is -2.32. The van der Waals surface area contributed by atoms with Gasteiger partial charge in [0.05, 0.1) is 6.04 Å². The summed E-state index contributed by atoms with van der Waals surface area (Å²) in [6, 6.07) is 4.25. The van der Waals surface area contributed by atoms with Crippen molar-refractivity contribution in [1.29, 1.82) is 0 Å². The molecule has 1 aliphatic rings. The van der Waals surface area contributed by atoms with Crippen molar-refractivity contribution in [1.82, 2.24) is 4.90 Å². The number of likely N-dealkylation sites (tertiary alicyclic amines) is 1. The second-order valence-corrected chi connectivity index (χ2v) is 7.18. The molecule has 0 aromatic heterocycles. The standard InChI is InChI=1S/C22H31F2NO/c1-2-3-4-5-6-9-16-25-19(13-15-22(25)26)11-8-7-10-18-12-14-20(23)21(24)17-18/h8,11-12,14,17,19H,2-7,9-10,13,15-16H2,1H3/b11-8+. The Labute approximate surface area is 156 Å². The molecule has 4 heteroatoms. The van der Waals surface area contributed by atoms with E-state index in [1.54, 1.807) is 6.07 Å². The van der Waals surface area contributed by atoms with Crippen LogP contribution in [0.2, 0.25) is 0 Å². The number of unbranched alkanes of at least 4 members (excludes halogenated alkanes) is 5. The molecule has 1 aromatic rings. The van der Waals surface area contributed by atoms with E-state index >= 15 is 0 Å². The zero-order valence-corrected chi connectivity index (χ0v) is 15.9. The number of carbonyl (C=O) groups excluding carboxylic acids is 1. The molecule has 26 heavy (non-hydrogen) atoms. The highest BCUT2D eigenvalue weighted by atomic mass is 19.2. The molecule has 1 aliphatic heterocycles. The first-order valence-corrected chi connectivity index (χ1v) is 10.0. The monoisotopic (exact) mass is 363 g/mol. The maximum absolute atomic E-state index is 13.2. The number of hydrogen-bond acceptors (Lipinski definition) is 1. The normalized spacial score (nSPS) is 17.6. The summed E-state index contributed by atoms with van der Waals surface area (Å²) in [4.78, 5) is 14.1. The highest BCUT2D eigenvalue weighted by molar-refractivity contribution is 5.79. The van der Waals surface area contributed by atoms with Gasteiger partial charge in [-0.3, -0.25) is 4.79 Å². The molecule has 1 fully saturated rings. The summed E-state index contributed by atoms with van der Waals surface area (Å²) in [5.41, 5.74) is 0.792. The van der Waals surface area contributed by atoms with Crippen LogP contribution < -0.4 is 0 Å². The molecule has 0 spiro atoms. The molecule has 1 unspecified atom stereocenters. The summed E-state index contributed by atoms with van der Waals surface area (Å²) >= 11 is 0. The maximum atomic E-state index is 13.2. The minimum atomic E-state index is -0.806. The van der Waals surface area contributed by atoms with Crippen molar-refractivity contribution in [2.75, 3.05) is 6.54 Å². The van der Waals surface area contributed by atoms with E-state index in [4.69, 9.17) is 0 Å². The number of carbonyl (C=O) groups is 1. The Morgan fingerprint density at radius 2 is 1.88 bits per heavy atom. The topological polar surface area (TPSA) is 20.3 Å². The lowest BCUT2D eigenvalue weighted by molar-refractivity contribution is -0.128. The number of halogens is 2. The van der Waals surface area contributed by atoms with Crippen LogP contribution in [0.4, 0.5) is 8.78 Å². The molecule has 0 N–H and O–H groups in total. The molecule has 0 saturated carbocycles. The molecule has 144 valence electrons. The minimum absolute atomic E-state index is 0.197. The Hall–Kier alpha value is -1.71. The van der Waals surface area contributed by atoms with Crippen LogP contribution in [-0.4, -0.2) is 23.4 Å². The van der Waals surface area contributed by atoms with Crippen LogP contribution in [0, 0.1) is 11.6 Å². The Bertz CT molecular complexity index is 600. The molecule has 0 bridgehead atoms. The Morgan fingerprint density at radius 3 is 2.65 bits per heavy atom. The number of benzene rings is 1. The zero-order chi connectivity index (χ0) is 18.8. The number of allylic oxidation sites excluding steroid dienone is 1. The highest BCUT2D eigenvalue weighted by Gasteiger charge is 2.28. The van der Waals surface area contributed by atoms with Gasteiger partial charge in [0.2, 0.25) is 5.91 Å². The van der Waals surface area contributed by atoms with Crippen molar-refractivity contribution in [3.05, 3.63) is 47.5 Å². The molecule has 2 rings (SSSR count). The van der Waals surface area contributed by atoms with E-state index in [9.17, 15) is 13.6 Å². The van der Waals surface area contributed by atoms with Crippen LogP contribution >= 0.6 is 0 Å². The number of aryl methyl sites for hydroxylation is 1. The second-order valence-electron chi connectivity index (χ2n) is 7.18. The molecule has 2 nitrogen and oxygen atoms in total. The average Bonchev–Trinajstić information content (AvgIpc) is 2.98. The summed E-state index contributed by atoms with van der Waals surface area (Å²) in [6.45, 7) is 3.07. The first-order valence-electron chi connectivity index (χ1n) is 10.0. The summed E-state index contributed by atoms with van der Waals surface area (Å²) < 4.78 is 26.1. The Balaban J connectivity index is 1.72. The van der Waals surface area contributed by atoms with Gasteiger partial charge in [0, 0.05) is 13.0 Å². The van der Waals surface area contributed by atoms with E-state index in [2.05, 4.69) is 19.1 Å². The van der Waals surface area contributed by atoms with Gasteiger partial charge in [0.1, 0.15) is 0 Å². The molecule has 1 amide bonds.